The molecule has 0 saturated carbocycles. The summed E-state index contributed by atoms with van der Waals surface area (Å²) in [6.07, 6.45) is 3.53. The average Bonchev–Trinajstić information content (AvgIpc) is 3.32. The topological polar surface area (TPSA) is 81.9 Å². The van der Waals surface area contributed by atoms with Gasteiger partial charge >= 0.3 is 0 Å². The van der Waals surface area contributed by atoms with Crippen LogP contribution in [0.5, 0.6) is 11.6 Å². The molecule has 1 N–H and O–H groups in total. The Kier molecular flexibility index (Phi) is 4.86. The van der Waals surface area contributed by atoms with Crippen LogP contribution in [0, 0.1) is 13.8 Å². The average molecular weight is 391 g/mol. The third kappa shape index (κ3) is 3.91. The van der Waals surface area contributed by atoms with Gasteiger partial charge in [-0.2, -0.15) is 0 Å². The molecule has 4 rings (SSSR count). The van der Waals surface area contributed by atoms with Gasteiger partial charge in [-0.15, -0.1) is 21.5 Å². The van der Waals surface area contributed by atoms with Gasteiger partial charge in [-0.05, 0) is 61.2 Å². The summed E-state index contributed by atoms with van der Waals surface area (Å²) in [5.41, 5.74) is 1.77. The number of rotatable bonds is 5. The number of nitrogens with zero attached hydrogens (tertiary/aromatic N) is 4. The van der Waals surface area contributed by atoms with Crippen molar-refractivity contribution in [3.05, 3.63) is 76.5 Å². The second kappa shape index (κ2) is 7.61. The highest BCUT2D eigenvalue weighted by Crippen LogP contribution is 2.22. The van der Waals surface area contributed by atoms with Gasteiger partial charge in [-0.3, -0.25) is 9.36 Å². The second-order valence-electron chi connectivity index (χ2n) is 6.14. The van der Waals surface area contributed by atoms with E-state index in [-0.39, 0.29) is 5.91 Å². The molecule has 4 aromatic rings. The molecule has 3 heterocycles. The predicted octanol–water partition coefficient (Wildman–Crippen LogP) is 4.39. The minimum atomic E-state index is -0.122. The van der Waals surface area contributed by atoms with Crippen LogP contribution in [0.3, 0.4) is 0 Å². The van der Waals surface area contributed by atoms with Crippen molar-refractivity contribution in [2.75, 3.05) is 5.32 Å². The molecule has 0 aliphatic heterocycles. The van der Waals surface area contributed by atoms with Crippen molar-refractivity contribution >= 4 is 22.9 Å². The Morgan fingerprint density at radius 3 is 2.54 bits per heavy atom. The maximum Gasteiger partial charge on any atom is 0.265 e. The van der Waals surface area contributed by atoms with Crippen molar-refractivity contribution in [3.8, 4) is 17.4 Å². The summed E-state index contributed by atoms with van der Waals surface area (Å²) in [7, 11) is 0. The first-order chi connectivity index (χ1) is 13.6. The summed E-state index contributed by atoms with van der Waals surface area (Å²) in [4.78, 5) is 17.0. The van der Waals surface area contributed by atoms with E-state index in [0.717, 1.165) is 11.4 Å². The van der Waals surface area contributed by atoms with E-state index in [9.17, 15) is 4.79 Å². The largest absolute Gasteiger partial charge is 0.438 e. The monoisotopic (exact) mass is 391 g/mol. The van der Waals surface area contributed by atoms with E-state index in [1.54, 1.807) is 36.5 Å². The third-order valence-corrected chi connectivity index (χ3v) is 5.03. The highest BCUT2D eigenvalue weighted by atomic mass is 32.1. The lowest BCUT2D eigenvalue weighted by atomic mass is 10.3. The number of benzene rings is 1. The third-order valence-electron chi connectivity index (χ3n) is 3.99. The number of nitrogens with one attached hydrogen (secondary N) is 1. The number of anilines is 1. The molecule has 0 aliphatic rings. The molecular weight excluding hydrogens is 374 g/mol. The van der Waals surface area contributed by atoms with Crippen LogP contribution in [0.2, 0.25) is 0 Å². The van der Waals surface area contributed by atoms with Gasteiger partial charge in [-0.25, -0.2) is 4.98 Å². The van der Waals surface area contributed by atoms with Gasteiger partial charge in [0.1, 0.15) is 11.6 Å². The van der Waals surface area contributed by atoms with Gasteiger partial charge in [0.15, 0.2) is 5.82 Å². The maximum absolute atomic E-state index is 12.2. The fourth-order valence-corrected chi connectivity index (χ4v) is 3.38. The quantitative estimate of drug-likeness (QED) is 0.546. The second-order valence-corrected chi connectivity index (χ2v) is 7.05. The van der Waals surface area contributed by atoms with Crippen molar-refractivity contribution in [3.63, 3.8) is 0 Å². The summed E-state index contributed by atoms with van der Waals surface area (Å²) in [6, 6.07) is 12.5. The number of ether oxygens (including phenoxy) is 1. The van der Waals surface area contributed by atoms with Crippen LogP contribution < -0.4 is 10.1 Å². The molecule has 7 nitrogen and oxygen atoms in total. The molecule has 0 saturated heterocycles. The van der Waals surface area contributed by atoms with Gasteiger partial charge in [0.2, 0.25) is 5.88 Å². The fraction of sp³-hybridized carbons (Fsp3) is 0.100. The van der Waals surface area contributed by atoms with Crippen LogP contribution >= 0.6 is 11.3 Å². The molecule has 0 unspecified atom stereocenters. The van der Waals surface area contributed by atoms with E-state index in [4.69, 9.17) is 4.74 Å². The van der Waals surface area contributed by atoms with E-state index in [2.05, 4.69) is 20.5 Å². The smallest absolute Gasteiger partial charge is 0.265 e. The van der Waals surface area contributed by atoms with Crippen LogP contribution in [-0.4, -0.2) is 25.7 Å². The van der Waals surface area contributed by atoms with Crippen molar-refractivity contribution in [2.45, 2.75) is 13.8 Å². The molecule has 28 heavy (non-hydrogen) atoms. The number of carbonyl (C=O) groups is 1. The number of imidazole rings is 1. The van der Waals surface area contributed by atoms with Crippen molar-refractivity contribution < 1.29 is 9.53 Å². The zero-order valence-corrected chi connectivity index (χ0v) is 16.1. The van der Waals surface area contributed by atoms with Crippen LogP contribution in [0.15, 0.2) is 60.2 Å². The molecule has 0 spiro atoms. The Hall–Kier alpha value is -3.52. The summed E-state index contributed by atoms with van der Waals surface area (Å²) in [5, 5.41) is 13.1. The molecule has 140 valence electrons. The summed E-state index contributed by atoms with van der Waals surface area (Å²) in [6.45, 7) is 3.86. The molecule has 3 aromatic heterocycles. The minimum Gasteiger partial charge on any atom is -0.438 e. The maximum atomic E-state index is 12.2. The number of aryl methyl sites for hydroxylation is 2. The molecule has 8 heteroatoms. The van der Waals surface area contributed by atoms with Crippen molar-refractivity contribution in [1.29, 1.82) is 0 Å². The fourth-order valence-electron chi connectivity index (χ4n) is 2.59. The Labute approximate surface area is 165 Å². The zero-order valence-electron chi connectivity index (χ0n) is 15.3. The van der Waals surface area contributed by atoms with Gasteiger partial charge in [-0.1, -0.05) is 0 Å². The van der Waals surface area contributed by atoms with Crippen molar-refractivity contribution in [2.24, 2.45) is 0 Å². The number of hydrogen-bond donors (Lipinski definition) is 1. The SMILES string of the molecule is Cc1csc(C(=O)Nc2ccc(Oc3ccc(-n4ccnc4C)nn3)cc2)c1. The number of aromatic nitrogens is 4. The molecule has 0 atom stereocenters. The van der Waals surface area contributed by atoms with Crippen LogP contribution in [0.25, 0.3) is 5.82 Å². The number of hydrogen-bond acceptors (Lipinski definition) is 6. The van der Waals surface area contributed by atoms with E-state index in [0.29, 0.717) is 28.0 Å². The minimum absolute atomic E-state index is 0.122. The van der Waals surface area contributed by atoms with Gasteiger partial charge < -0.3 is 10.1 Å². The first-order valence-electron chi connectivity index (χ1n) is 8.57. The predicted molar refractivity (Wildman–Crippen MR) is 107 cm³/mol. The zero-order chi connectivity index (χ0) is 19.5. The van der Waals surface area contributed by atoms with Gasteiger partial charge in [0, 0.05) is 24.1 Å². The standard InChI is InChI=1S/C20H17N5O2S/c1-13-11-17(28-12-13)20(26)22-15-3-5-16(6-4-15)27-19-8-7-18(23-24-19)25-10-9-21-14(25)2/h3-12H,1-2H3,(H,22,26). The molecule has 0 radical (unpaired) electrons. The number of amides is 1. The van der Waals surface area contributed by atoms with E-state index < -0.39 is 0 Å². The first-order valence-corrected chi connectivity index (χ1v) is 9.45. The molecule has 1 amide bonds. The molecule has 1 aromatic carbocycles. The van der Waals surface area contributed by atoms with Crippen molar-refractivity contribution in [1.82, 2.24) is 19.7 Å². The summed E-state index contributed by atoms with van der Waals surface area (Å²) in [5.74, 6) is 2.36. The van der Waals surface area contributed by atoms with Gasteiger partial charge in [0.25, 0.3) is 5.91 Å². The van der Waals surface area contributed by atoms with E-state index >= 15 is 0 Å². The Bertz CT molecular complexity index is 1100. The molecule has 0 aliphatic carbocycles. The van der Waals surface area contributed by atoms with E-state index in [1.165, 1.54) is 11.3 Å². The highest BCUT2D eigenvalue weighted by Gasteiger charge is 2.09. The summed E-state index contributed by atoms with van der Waals surface area (Å²) >= 11 is 1.43. The first kappa shape index (κ1) is 17.9. The van der Waals surface area contributed by atoms with Crippen LogP contribution in [0.4, 0.5) is 5.69 Å². The lowest BCUT2D eigenvalue weighted by Crippen LogP contribution is -2.09. The Balaban J connectivity index is 1.40. The molecule has 0 fully saturated rings. The van der Waals surface area contributed by atoms with E-state index in [1.807, 2.05) is 42.1 Å². The molecule has 0 bridgehead atoms. The lowest BCUT2D eigenvalue weighted by Gasteiger charge is -2.08. The number of thiophene rings is 1. The molecular formula is C20H17N5O2S. The van der Waals surface area contributed by atoms with Crippen LogP contribution in [0.1, 0.15) is 21.1 Å². The summed E-state index contributed by atoms with van der Waals surface area (Å²) < 4.78 is 7.56. The highest BCUT2D eigenvalue weighted by molar-refractivity contribution is 7.12. The lowest BCUT2D eigenvalue weighted by molar-refractivity contribution is 0.103. The van der Waals surface area contributed by atoms with Gasteiger partial charge in [0.05, 0.1) is 4.88 Å². The Morgan fingerprint density at radius 2 is 1.93 bits per heavy atom. The Morgan fingerprint density at radius 1 is 1.11 bits per heavy atom. The number of carbonyl (C=O) groups excluding carboxylic acids is 1. The normalized spacial score (nSPS) is 10.6. The van der Waals surface area contributed by atoms with Crippen LogP contribution in [-0.2, 0) is 0 Å².